The average molecular weight is 1300 g/mol. The Balaban J connectivity index is 0.000000130. The quantitative estimate of drug-likeness (QED) is 0.129. The summed E-state index contributed by atoms with van der Waals surface area (Å²) in [6, 6.07) is 23.4. The number of aromatic nitrogens is 10. The molecule has 96 heavy (non-hydrogen) atoms. The van der Waals surface area contributed by atoms with Crippen LogP contribution in [0.4, 0.5) is 17.5 Å². The Kier molecular flexibility index (Phi) is 19.1. The first kappa shape index (κ1) is 65.2. The van der Waals surface area contributed by atoms with E-state index in [1.807, 2.05) is 83.8 Å². The molecule has 0 spiro atoms. The molecule has 2 N–H and O–H groups in total. The van der Waals surface area contributed by atoms with E-state index in [2.05, 4.69) is 73.6 Å². The highest BCUT2D eigenvalue weighted by molar-refractivity contribution is 5.97. The van der Waals surface area contributed by atoms with E-state index in [0.29, 0.717) is 65.3 Å². The summed E-state index contributed by atoms with van der Waals surface area (Å²) in [5.74, 6) is 5.10. The SMILES string of the molecule is Cc1ccc(O)cc1C(=O)N1CCCC[C@H]1c1cc2nc(N3CC[C@H](C)C3)c(C)cn2n1.Cc1cn2nc([C@@H]3CCCCN3C(=O)c3ccc(C#N)cn3)cc2nc1N1CC[C@H](C)C1.Cc1cn2nc([C@@H]3CCCCN3C(=O)c3ccccc3CO)cc2nc1N1CC[C@H](C)C1. The molecule has 6 atom stereocenters. The molecule has 6 saturated heterocycles. The highest BCUT2D eigenvalue weighted by Crippen LogP contribution is 2.38. The fourth-order valence-corrected chi connectivity index (χ4v) is 15.1. The number of aryl methyl sites for hydroxylation is 4. The summed E-state index contributed by atoms with van der Waals surface area (Å²) in [5.41, 5.74) is 11.9. The van der Waals surface area contributed by atoms with Gasteiger partial charge in [-0.2, -0.15) is 20.6 Å². The molecule has 6 aliphatic heterocycles. The second-order valence-corrected chi connectivity index (χ2v) is 27.8. The van der Waals surface area contributed by atoms with Gasteiger partial charge < -0.3 is 39.6 Å². The first-order chi connectivity index (χ1) is 46.5. The van der Waals surface area contributed by atoms with Crippen molar-refractivity contribution in [3.8, 4) is 11.8 Å². The number of benzene rings is 2. The summed E-state index contributed by atoms with van der Waals surface area (Å²) in [4.78, 5) is 72.0. The molecule has 9 aromatic rings. The standard InChI is InChI=1S/2C25H31N5O2.C24H27N7O/c1-16-9-11-28(14-16)24-18(3)15-30-23(26-24)13-21(27-30)22-6-4-5-10-29(22)25(32)20-12-19(31)8-7-17(20)2;1-17-10-12-28(14-17)24-18(2)15-30-23(26-24)13-21(27-30)22-9-5-6-11-29(22)25(32)20-8-4-3-7-19(20)16-31;1-16-8-10-29(14-16)23-17(2)15-31-22(27-23)11-20(28-31)21-5-3-4-9-30(21)24(32)19-7-6-18(12-25)13-26-19/h7-8,12-13,15-16,22,31H,4-6,9-11,14H2,1-3H3;3-4,7-8,13,15,17,22,31H,5-6,9-12,14,16H2,1-2H3;6-7,11,13,15-16,21H,3-5,8-10,14H2,1-2H3/t16-,22-;17-,22-;16-,21-/m000/s1. The molecular weight excluding hydrogens is 1210 g/mol. The fraction of sp³-hybridized carbons (Fsp3) is 0.473. The normalized spacial score (nSPS) is 21.4. The Hall–Kier alpha value is -9.49. The largest absolute Gasteiger partial charge is 0.508 e. The van der Waals surface area contributed by atoms with Crippen molar-refractivity contribution in [2.75, 3.05) is 73.6 Å². The van der Waals surface area contributed by atoms with Gasteiger partial charge in [-0.3, -0.25) is 14.4 Å². The lowest BCUT2D eigenvalue weighted by Gasteiger charge is -2.35. The highest BCUT2D eigenvalue weighted by atomic mass is 16.3. The predicted octanol–water partition coefficient (Wildman–Crippen LogP) is 11.5. The zero-order valence-electron chi connectivity index (χ0n) is 56.5. The molecule has 0 saturated carbocycles. The maximum atomic E-state index is 13.4. The van der Waals surface area contributed by atoms with Gasteiger partial charge in [0.25, 0.3) is 17.7 Å². The van der Waals surface area contributed by atoms with Gasteiger partial charge in [0.15, 0.2) is 16.9 Å². The molecule has 0 unspecified atom stereocenters. The Morgan fingerprint density at radius 2 is 0.927 bits per heavy atom. The van der Waals surface area contributed by atoms with Crippen molar-refractivity contribution in [3.63, 3.8) is 0 Å². The summed E-state index contributed by atoms with van der Waals surface area (Å²) in [5, 5.41) is 43.1. The third-order valence-corrected chi connectivity index (χ3v) is 20.3. The number of carbonyl (C=O) groups is 3. The number of anilines is 3. The van der Waals surface area contributed by atoms with Crippen LogP contribution in [0.25, 0.3) is 16.9 Å². The van der Waals surface area contributed by atoms with E-state index >= 15 is 0 Å². The number of fused-ring (bicyclic) bond motifs is 3. The van der Waals surface area contributed by atoms with Gasteiger partial charge in [0, 0.05) is 130 Å². The van der Waals surface area contributed by atoms with Crippen molar-refractivity contribution in [3.05, 3.63) is 165 Å². The van der Waals surface area contributed by atoms with E-state index in [1.54, 1.807) is 36.4 Å². The Bertz CT molecular complexity index is 4380. The maximum absolute atomic E-state index is 13.4. The van der Waals surface area contributed by atoms with Crippen molar-refractivity contribution in [2.45, 2.75) is 150 Å². The molecule has 13 heterocycles. The predicted molar refractivity (Wildman–Crippen MR) is 368 cm³/mol. The zero-order valence-corrected chi connectivity index (χ0v) is 56.5. The number of aromatic hydroxyl groups is 1. The number of aliphatic hydroxyl groups is 1. The van der Waals surface area contributed by atoms with Crippen molar-refractivity contribution < 1.29 is 24.6 Å². The summed E-state index contributed by atoms with van der Waals surface area (Å²) >= 11 is 0. The van der Waals surface area contributed by atoms with Gasteiger partial charge in [-0.1, -0.05) is 45.0 Å². The molecule has 7 aromatic heterocycles. The molecule has 0 radical (unpaired) electrons. The van der Waals surface area contributed by atoms with E-state index < -0.39 is 0 Å². The molecule has 6 aliphatic rings. The first-order valence-electron chi connectivity index (χ1n) is 34.6. The van der Waals surface area contributed by atoms with E-state index in [-0.39, 0.29) is 48.2 Å². The minimum Gasteiger partial charge on any atom is -0.508 e. The smallest absolute Gasteiger partial charge is 0.273 e. The van der Waals surface area contributed by atoms with Crippen LogP contribution in [-0.2, 0) is 6.61 Å². The molecule has 3 amide bonds. The number of likely N-dealkylation sites (tertiary alicyclic amines) is 3. The third kappa shape index (κ3) is 13.6. The molecule has 22 heteroatoms. The van der Waals surface area contributed by atoms with Gasteiger partial charge in [0.2, 0.25) is 0 Å². The van der Waals surface area contributed by atoms with Crippen LogP contribution in [0.2, 0.25) is 0 Å². The van der Waals surface area contributed by atoms with Gasteiger partial charge in [0.1, 0.15) is 35.0 Å². The summed E-state index contributed by atoms with van der Waals surface area (Å²) in [6.45, 7) is 23.2. The number of phenolic OH excluding ortho intramolecular Hbond substituents is 1. The minimum absolute atomic E-state index is 0.0349. The molecule has 0 bridgehead atoms. The number of amides is 3. The van der Waals surface area contributed by atoms with Gasteiger partial charge in [-0.15, -0.1) is 0 Å². The zero-order chi connectivity index (χ0) is 66.9. The molecule has 500 valence electrons. The van der Waals surface area contributed by atoms with Crippen LogP contribution in [0.5, 0.6) is 5.75 Å². The van der Waals surface area contributed by atoms with Crippen LogP contribution >= 0.6 is 0 Å². The number of nitrogens with zero attached hydrogens (tertiary/aromatic N) is 17. The lowest BCUT2D eigenvalue weighted by Crippen LogP contribution is -2.39. The van der Waals surface area contributed by atoms with E-state index in [1.165, 1.54) is 25.5 Å². The lowest BCUT2D eigenvalue weighted by atomic mass is 9.97. The van der Waals surface area contributed by atoms with E-state index in [9.17, 15) is 24.6 Å². The van der Waals surface area contributed by atoms with Gasteiger partial charge >= 0.3 is 0 Å². The van der Waals surface area contributed by atoms with Crippen LogP contribution in [-0.4, -0.2) is 150 Å². The summed E-state index contributed by atoms with van der Waals surface area (Å²) < 4.78 is 5.54. The van der Waals surface area contributed by atoms with Crippen molar-refractivity contribution in [1.29, 1.82) is 5.26 Å². The number of hydrogen-bond acceptors (Lipinski definition) is 16. The van der Waals surface area contributed by atoms with Crippen molar-refractivity contribution in [2.24, 2.45) is 17.8 Å². The van der Waals surface area contributed by atoms with Crippen LogP contribution in [0.3, 0.4) is 0 Å². The number of carbonyl (C=O) groups excluding carboxylic acids is 3. The molecular formula is C74H89N17O5. The summed E-state index contributed by atoms with van der Waals surface area (Å²) in [7, 11) is 0. The molecule has 22 nitrogen and oxygen atoms in total. The van der Waals surface area contributed by atoms with Gasteiger partial charge in [0.05, 0.1) is 47.4 Å². The topological polar surface area (TPSA) is 238 Å². The molecule has 0 aliphatic carbocycles. The number of phenols is 1. The number of nitriles is 1. The number of piperidine rings is 3. The lowest BCUT2D eigenvalue weighted by molar-refractivity contribution is 0.0594. The van der Waals surface area contributed by atoms with Crippen LogP contribution in [0.15, 0.2) is 97.6 Å². The first-order valence-corrected chi connectivity index (χ1v) is 34.6. The van der Waals surface area contributed by atoms with Crippen molar-refractivity contribution >= 4 is 52.1 Å². The van der Waals surface area contributed by atoms with Crippen LogP contribution in [0.1, 0.15) is 198 Å². The van der Waals surface area contributed by atoms with Crippen LogP contribution < -0.4 is 14.7 Å². The molecule has 2 aromatic carbocycles. The number of pyridine rings is 1. The maximum Gasteiger partial charge on any atom is 0.273 e. The third-order valence-electron chi connectivity index (χ3n) is 20.3. The highest BCUT2D eigenvalue weighted by Gasteiger charge is 2.36. The minimum atomic E-state index is -0.143. The Morgan fingerprint density at radius 1 is 0.500 bits per heavy atom. The Morgan fingerprint density at radius 3 is 1.32 bits per heavy atom. The second kappa shape index (κ2) is 28.1. The van der Waals surface area contributed by atoms with Gasteiger partial charge in [-0.05, 0) is 164 Å². The molecule has 15 rings (SSSR count). The number of hydrogen-bond donors (Lipinski definition) is 2. The second-order valence-electron chi connectivity index (χ2n) is 27.8. The fourth-order valence-electron chi connectivity index (χ4n) is 15.1. The van der Waals surface area contributed by atoms with E-state index in [0.717, 1.165) is 171 Å². The number of rotatable bonds is 10. The van der Waals surface area contributed by atoms with Crippen molar-refractivity contribution in [1.82, 2.24) is 63.5 Å². The van der Waals surface area contributed by atoms with Crippen LogP contribution in [0, 0.1) is 56.8 Å². The van der Waals surface area contributed by atoms with E-state index in [4.69, 9.17) is 35.5 Å². The average Bonchev–Trinajstić information content (AvgIpc) is 1.58. The molecule has 6 fully saturated rings. The summed E-state index contributed by atoms with van der Waals surface area (Å²) in [6.07, 6.45) is 19.9. The number of aliphatic hydroxyl groups excluding tert-OH is 1. The monoisotopic (exact) mass is 1300 g/mol. The van der Waals surface area contributed by atoms with Gasteiger partial charge in [-0.25, -0.2) is 33.5 Å². The Labute approximate surface area is 561 Å².